The first kappa shape index (κ1) is 92.3. The molecule has 21 aromatic carbocycles. The molecule has 0 saturated heterocycles. The lowest BCUT2D eigenvalue weighted by Gasteiger charge is -2.30. The molecule has 141 heavy (non-hydrogen) atoms. The van der Waals surface area contributed by atoms with Crippen LogP contribution in [0.5, 0.6) is 0 Å². The number of ketones is 3. The van der Waals surface area contributed by atoms with Crippen LogP contribution in [-0.2, 0) is 28.6 Å². The number of carbonyl (C=O) groups excluding carboxylic acids is 3. The highest BCUT2D eigenvalue weighted by atomic mass is 16.5. The van der Waals surface area contributed by atoms with E-state index in [-0.39, 0.29) is 17.3 Å². The fraction of sp³-hybridized carbons (Fsp3) is 0.0682. The Balaban J connectivity index is 0.000000135. The van der Waals surface area contributed by atoms with Gasteiger partial charge in [-0.05, 0) is 271 Å². The molecule has 9 nitrogen and oxygen atoms in total. The lowest BCUT2D eigenvalue weighted by molar-refractivity contribution is -0.112. The predicted octanol–water partition coefficient (Wildman–Crippen LogP) is 35.3. The second-order valence-corrected chi connectivity index (χ2v) is 35.1. The molecule has 0 aliphatic heterocycles. The van der Waals surface area contributed by atoms with Crippen molar-refractivity contribution in [2.45, 2.75) is 41.5 Å². The molecule has 21 aromatic rings. The maximum Gasteiger partial charge on any atom is 0.163 e. The first-order valence-electron chi connectivity index (χ1n) is 47.5. The second-order valence-electron chi connectivity index (χ2n) is 35.1. The molecule has 0 N–H and O–H groups in total. The number of nitrogens with zero attached hydrogens (tertiary/aromatic N) is 3. The number of anilines is 9. The summed E-state index contributed by atoms with van der Waals surface area (Å²) in [4.78, 5) is 45.9. The maximum atomic E-state index is 13.2. The normalized spacial score (nSPS) is 11.7. The average molecular weight is 1830 g/mol. The van der Waals surface area contributed by atoms with Crippen LogP contribution in [0.2, 0.25) is 0 Å². The standard InChI is InChI=1S/C48H37NO2.C44H35NO2.C40H33NO2/c1-32(50)48(33(2)51-3)46-30-44-42-20-12-13-21-43(42)47(31-45(44)40-18-10-11-19-41(40)46)49(38-26-22-36(23-27-38)34-14-6-4-7-15-34)39-28-24-37(25-29-39)35-16-8-5-9-17-35;1-30(46)42(31(2)47-3)43-38-18-10-12-20-40(38)44(41-21-13-11-19-39(41)43)45(36-26-22-34(23-27-36)32-14-6-4-7-15-32)37-28-24-35(25-29-37)33-16-8-5-9-17-33;1-28(42)40(29(2)43-3)35-15-14-34-20-25-39(27-36(34)26-35)41(37-21-16-32(17-22-37)30-10-6-4-7-11-30)38-23-18-33(19-24-38)31-12-8-5-9-13-31/h4-31H,1-3H3;4-29H,1-3H3;4-27H,1-3H3/b48-33+;42-31+;40-29+. The smallest absolute Gasteiger partial charge is 0.163 e. The number of hydrogen-bond donors (Lipinski definition) is 0. The van der Waals surface area contributed by atoms with E-state index >= 15 is 0 Å². The molecule has 0 unspecified atom stereocenters. The van der Waals surface area contributed by atoms with Crippen LogP contribution in [0.3, 0.4) is 0 Å². The van der Waals surface area contributed by atoms with Crippen molar-refractivity contribution < 1.29 is 28.6 Å². The van der Waals surface area contributed by atoms with E-state index in [4.69, 9.17) is 14.2 Å². The Labute approximate surface area is 824 Å². The minimum atomic E-state index is -0.0303. The Hall–Kier alpha value is -17.8. The molecule has 0 aliphatic carbocycles. The average Bonchev–Trinajstić information content (AvgIpc) is 0.727. The van der Waals surface area contributed by atoms with E-state index in [1.54, 1.807) is 42.1 Å². The molecule has 0 fully saturated rings. The van der Waals surface area contributed by atoms with Crippen LogP contribution >= 0.6 is 0 Å². The molecule has 684 valence electrons. The summed E-state index contributed by atoms with van der Waals surface area (Å²) in [6.45, 7) is 10.4. The summed E-state index contributed by atoms with van der Waals surface area (Å²) in [5.41, 5.74) is 28.0. The zero-order chi connectivity index (χ0) is 97.0. The van der Waals surface area contributed by atoms with E-state index in [1.165, 1.54) is 55.6 Å². The molecule has 0 spiro atoms. The van der Waals surface area contributed by atoms with E-state index in [0.29, 0.717) is 34.0 Å². The van der Waals surface area contributed by atoms with E-state index in [0.717, 1.165) is 144 Å². The van der Waals surface area contributed by atoms with Gasteiger partial charge in [0.1, 0.15) is 17.3 Å². The van der Waals surface area contributed by atoms with E-state index in [1.807, 2.05) is 81.4 Å². The lowest BCUT2D eigenvalue weighted by Crippen LogP contribution is -2.12. The second kappa shape index (κ2) is 41.8. The molecule has 0 atom stereocenters. The number of carbonyl (C=O) groups is 3. The molecule has 0 heterocycles. The van der Waals surface area contributed by atoms with Gasteiger partial charge in [0.2, 0.25) is 0 Å². The third-order valence-corrected chi connectivity index (χ3v) is 26.5. The molecule has 0 aromatic heterocycles. The van der Waals surface area contributed by atoms with Gasteiger partial charge >= 0.3 is 0 Å². The minimum absolute atomic E-state index is 0.0199. The number of allylic oxidation sites excluding steroid dienone is 6. The summed E-state index contributed by atoms with van der Waals surface area (Å²) in [5, 5.41) is 12.8. The van der Waals surface area contributed by atoms with Gasteiger partial charge in [-0.3, -0.25) is 14.4 Å². The number of ether oxygens (including phenoxy) is 3. The van der Waals surface area contributed by atoms with Crippen molar-refractivity contribution >= 4 is 150 Å². The van der Waals surface area contributed by atoms with Crippen molar-refractivity contribution in [1.29, 1.82) is 0 Å². The molecule has 9 heteroatoms. The van der Waals surface area contributed by atoms with E-state index in [9.17, 15) is 14.4 Å². The molecular weight excluding hydrogens is 1720 g/mol. The number of benzene rings is 21. The van der Waals surface area contributed by atoms with Gasteiger partial charge in [0, 0.05) is 61.5 Å². The Morgan fingerprint density at radius 3 is 0.801 bits per heavy atom. The van der Waals surface area contributed by atoms with Crippen LogP contribution in [0.4, 0.5) is 51.2 Å². The molecular formula is C132H105N3O6. The minimum Gasteiger partial charge on any atom is -0.501 e. The highest BCUT2D eigenvalue weighted by Gasteiger charge is 2.28. The number of rotatable bonds is 24. The Bertz CT molecular complexity index is 7950. The lowest BCUT2D eigenvalue weighted by atomic mass is 9.88. The first-order chi connectivity index (χ1) is 69.1. The van der Waals surface area contributed by atoms with Crippen molar-refractivity contribution in [3.05, 3.63) is 507 Å². The summed E-state index contributed by atoms with van der Waals surface area (Å²) in [7, 11) is 4.84. The molecule has 21 rings (SSSR count). The van der Waals surface area contributed by atoms with Gasteiger partial charge in [-0.1, -0.05) is 370 Å². The van der Waals surface area contributed by atoms with Crippen LogP contribution in [0, 0.1) is 0 Å². The van der Waals surface area contributed by atoms with Crippen LogP contribution in [0.1, 0.15) is 58.2 Å². The van der Waals surface area contributed by atoms with Crippen LogP contribution in [0.25, 0.3) is 148 Å². The molecule has 0 radical (unpaired) electrons. The summed E-state index contributed by atoms with van der Waals surface area (Å²) in [6.07, 6.45) is 0. The summed E-state index contributed by atoms with van der Waals surface area (Å²) >= 11 is 0. The highest BCUT2D eigenvalue weighted by Crippen LogP contribution is 2.51. The molecule has 0 aliphatic rings. The van der Waals surface area contributed by atoms with Crippen molar-refractivity contribution in [2.75, 3.05) is 36.0 Å². The largest absolute Gasteiger partial charge is 0.501 e. The van der Waals surface area contributed by atoms with Gasteiger partial charge in [-0.25, -0.2) is 0 Å². The molecule has 0 bridgehead atoms. The SMILES string of the molecule is CO/C(C)=C(\C(C)=O)c1c2ccccc2c(N(c2ccc(-c3ccccc3)cc2)c2ccc(-c3ccccc3)cc2)c2ccccc12.CO/C(C)=C(\C(C)=O)c1cc2c3ccccc3c(N(c3ccc(-c4ccccc4)cc3)c3ccc(-c4ccccc4)cc3)cc2c2ccccc12.CO/C(C)=C(\C(C)=O)c1ccc2ccc(N(c3ccc(-c4ccccc4)cc3)c3ccc(-c4ccccc4)cc3)cc2c1. The van der Waals surface area contributed by atoms with Crippen molar-refractivity contribution in [1.82, 2.24) is 0 Å². The highest BCUT2D eigenvalue weighted by molar-refractivity contribution is 6.32. The predicted molar refractivity (Wildman–Crippen MR) is 592 cm³/mol. The monoisotopic (exact) mass is 1830 g/mol. The number of methoxy groups -OCH3 is 3. The Morgan fingerprint density at radius 2 is 0.454 bits per heavy atom. The van der Waals surface area contributed by atoms with Crippen molar-refractivity contribution in [3.63, 3.8) is 0 Å². The number of hydrogen-bond acceptors (Lipinski definition) is 9. The quantitative estimate of drug-likeness (QED) is 0.0254. The zero-order valence-corrected chi connectivity index (χ0v) is 80.3. The van der Waals surface area contributed by atoms with Crippen LogP contribution in [0.15, 0.2) is 490 Å². The van der Waals surface area contributed by atoms with Crippen molar-refractivity contribution in [3.8, 4) is 66.8 Å². The molecule has 0 saturated carbocycles. The first-order valence-corrected chi connectivity index (χ1v) is 47.5. The summed E-state index contributed by atoms with van der Waals surface area (Å²) < 4.78 is 16.8. The molecule has 0 amide bonds. The third kappa shape index (κ3) is 19.3. The van der Waals surface area contributed by atoms with Gasteiger partial charge in [0.05, 0.1) is 49.4 Å². The Kier molecular flexibility index (Phi) is 27.4. The van der Waals surface area contributed by atoms with Gasteiger partial charge in [-0.15, -0.1) is 0 Å². The Morgan fingerprint density at radius 1 is 0.191 bits per heavy atom. The topological polar surface area (TPSA) is 88.6 Å². The summed E-state index contributed by atoms with van der Waals surface area (Å²) in [6, 6.07) is 166. The number of Topliss-reactive ketones (excluding diaryl/α,β-unsaturated/α-hetero) is 3. The van der Waals surface area contributed by atoms with Gasteiger partial charge < -0.3 is 28.9 Å². The van der Waals surface area contributed by atoms with Gasteiger partial charge in [0.15, 0.2) is 17.3 Å². The summed E-state index contributed by atoms with van der Waals surface area (Å²) in [5.74, 6) is 1.75. The van der Waals surface area contributed by atoms with Crippen LogP contribution in [-0.4, -0.2) is 38.7 Å². The van der Waals surface area contributed by atoms with Crippen molar-refractivity contribution in [2.24, 2.45) is 0 Å². The zero-order valence-electron chi connectivity index (χ0n) is 80.3. The maximum absolute atomic E-state index is 13.2. The fourth-order valence-electron chi connectivity index (χ4n) is 19.5. The van der Waals surface area contributed by atoms with E-state index in [2.05, 4.69) is 427 Å². The number of fused-ring (bicyclic) bond motifs is 8. The third-order valence-electron chi connectivity index (χ3n) is 26.5. The fourth-order valence-corrected chi connectivity index (χ4v) is 19.5. The van der Waals surface area contributed by atoms with E-state index < -0.39 is 0 Å². The van der Waals surface area contributed by atoms with Gasteiger partial charge in [0.25, 0.3) is 0 Å². The van der Waals surface area contributed by atoms with Crippen LogP contribution < -0.4 is 14.7 Å². The van der Waals surface area contributed by atoms with Gasteiger partial charge in [-0.2, -0.15) is 0 Å².